The van der Waals surface area contributed by atoms with Crippen LogP contribution in [0.2, 0.25) is 16.6 Å². The van der Waals surface area contributed by atoms with E-state index in [0.717, 1.165) is 31.9 Å². The van der Waals surface area contributed by atoms with Crippen molar-refractivity contribution in [3.05, 3.63) is 24.1 Å². The van der Waals surface area contributed by atoms with E-state index in [2.05, 4.69) is 63.6 Å². The molecule has 1 saturated heterocycles. The number of aromatic nitrogens is 3. The molecular weight excluding hydrogens is 383 g/mol. The molecular formula is C22H37FN4OSi. The monoisotopic (exact) mass is 420 g/mol. The van der Waals surface area contributed by atoms with Crippen LogP contribution in [0.3, 0.4) is 0 Å². The highest BCUT2D eigenvalue weighted by Gasteiger charge is 2.47. The summed E-state index contributed by atoms with van der Waals surface area (Å²) in [5.41, 5.74) is 2.48. The maximum absolute atomic E-state index is 13.7. The molecule has 5 nitrogen and oxygen atoms in total. The summed E-state index contributed by atoms with van der Waals surface area (Å²) >= 11 is 0. The second-order valence-corrected chi connectivity index (χ2v) is 14.9. The van der Waals surface area contributed by atoms with E-state index in [1.807, 2.05) is 0 Å². The van der Waals surface area contributed by atoms with Crippen LogP contribution in [0.5, 0.6) is 0 Å². The summed E-state index contributed by atoms with van der Waals surface area (Å²) in [5, 5.41) is 8.49. The number of piperidine rings is 1. The van der Waals surface area contributed by atoms with Gasteiger partial charge in [0.2, 0.25) is 14.3 Å². The van der Waals surface area contributed by atoms with Crippen LogP contribution in [-0.4, -0.2) is 42.1 Å². The molecule has 2 aromatic rings. The molecule has 0 amide bonds. The van der Waals surface area contributed by atoms with E-state index >= 15 is 0 Å². The number of anilines is 1. The third-order valence-electron chi connectivity index (χ3n) is 6.93. The topological polar surface area (TPSA) is 42.7 Å². The van der Waals surface area contributed by atoms with Gasteiger partial charge in [0, 0.05) is 25.4 Å². The molecule has 29 heavy (non-hydrogen) atoms. The Hall–Kier alpha value is -1.47. The van der Waals surface area contributed by atoms with E-state index in [-0.39, 0.29) is 11.9 Å². The summed E-state index contributed by atoms with van der Waals surface area (Å²) < 4.78 is 22.4. The van der Waals surface area contributed by atoms with Crippen LogP contribution < -0.4 is 4.90 Å². The van der Waals surface area contributed by atoms with Crippen LogP contribution in [0.15, 0.2) is 18.3 Å². The minimum atomic E-state index is -1.87. The Balaban J connectivity index is 1.69. The van der Waals surface area contributed by atoms with Gasteiger partial charge in [0.15, 0.2) is 5.65 Å². The average Bonchev–Trinajstić information content (AvgIpc) is 3.08. The van der Waals surface area contributed by atoms with Crippen LogP contribution in [0.1, 0.15) is 61.3 Å². The fraction of sp³-hybridized carbons (Fsp3) is 0.727. The van der Waals surface area contributed by atoms with Gasteiger partial charge >= 0.3 is 0 Å². The van der Waals surface area contributed by atoms with Crippen LogP contribution in [0.4, 0.5) is 10.3 Å². The van der Waals surface area contributed by atoms with Gasteiger partial charge in [-0.15, -0.1) is 10.2 Å². The zero-order valence-corrected chi connectivity index (χ0v) is 20.0. The molecule has 0 aliphatic carbocycles. The lowest BCUT2D eigenvalue weighted by molar-refractivity contribution is 0.112. The first-order chi connectivity index (χ1) is 13.7. The highest BCUT2D eigenvalue weighted by Crippen LogP contribution is 2.44. The van der Waals surface area contributed by atoms with Gasteiger partial charge in [-0.25, -0.2) is 4.39 Å². The molecule has 1 aliphatic heterocycles. The highest BCUT2D eigenvalue weighted by molar-refractivity contribution is 6.77. The van der Waals surface area contributed by atoms with E-state index in [1.165, 1.54) is 12.3 Å². The molecule has 162 valence electrons. The summed E-state index contributed by atoms with van der Waals surface area (Å²) in [4.78, 5) is 2.22. The Kier molecular flexibility index (Phi) is 6.68. The molecule has 7 heteroatoms. The van der Waals surface area contributed by atoms with E-state index in [9.17, 15) is 4.39 Å². The fourth-order valence-corrected chi connectivity index (χ4v) is 11.1. The van der Waals surface area contributed by atoms with Crippen molar-refractivity contribution in [2.24, 2.45) is 5.92 Å². The first kappa shape index (κ1) is 22.2. The Bertz CT molecular complexity index is 792. The maximum atomic E-state index is 13.7. The third kappa shape index (κ3) is 4.22. The van der Waals surface area contributed by atoms with Gasteiger partial charge in [-0.1, -0.05) is 41.5 Å². The minimum Gasteiger partial charge on any atom is -0.413 e. The second-order valence-electron chi connectivity index (χ2n) is 9.54. The van der Waals surface area contributed by atoms with Crippen molar-refractivity contribution in [1.29, 1.82) is 0 Å². The van der Waals surface area contributed by atoms with E-state index in [1.54, 1.807) is 10.5 Å². The van der Waals surface area contributed by atoms with Crippen LogP contribution in [0, 0.1) is 11.7 Å². The van der Waals surface area contributed by atoms with Gasteiger partial charge in [0.1, 0.15) is 5.82 Å². The molecule has 1 atom stereocenters. The van der Waals surface area contributed by atoms with E-state index in [4.69, 9.17) is 4.43 Å². The normalized spacial score (nSPS) is 17.8. The van der Waals surface area contributed by atoms with Crippen LogP contribution >= 0.6 is 0 Å². The zero-order valence-electron chi connectivity index (χ0n) is 19.0. The minimum absolute atomic E-state index is 0.267. The summed E-state index contributed by atoms with van der Waals surface area (Å²) in [6.45, 7) is 18.1. The number of fused-ring (bicyclic) bond motifs is 1. The molecule has 0 aromatic carbocycles. The molecule has 1 aliphatic rings. The van der Waals surface area contributed by atoms with Crippen molar-refractivity contribution in [2.45, 2.75) is 84.0 Å². The standard InChI is InChI=1S/C22H37FN4OSi/c1-15(2)29(16(3)4,17(5)6)28-18(7)19-10-12-26(13-11-19)22-25-24-21-9-8-20(23)14-27(21)22/h8-9,14-19H,10-13H2,1-7H3. The summed E-state index contributed by atoms with van der Waals surface area (Å²) in [7, 11) is -1.87. The molecule has 3 heterocycles. The van der Waals surface area contributed by atoms with Gasteiger partial charge in [-0.05, 0) is 54.4 Å². The van der Waals surface area contributed by atoms with Crippen molar-refractivity contribution in [1.82, 2.24) is 14.6 Å². The van der Waals surface area contributed by atoms with Gasteiger partial charge < -0.3 is 9.33 Å². The number of hydrogen-bond acceptors (Lipinski definition) is 4. The molecule has 0 saturated carbocycles. The number of pyridine rings is 1. The van der Waals surface area contributed by atoms with Crippen LogP contribution in [0.25, 0.3) is 5.65 Å². The van der Waals surface area contributed by atoms with Gasteiger partial charge in [-0.3, -0.25) is 4.40 Å². The molecule has 0 spiro atoms. The van der Waals surface area contributed by atoms with E-state index in [0.29, 0.717) is 28.2 Å². The smallest absolute Gasteiger partial charge is 0.231 e. The largest absolute Gasteiger partial charge is 0.413 e. The summed E-state index contributed by atoms with van der Waals surface area (Å²) in [6.07, 6.45) is 3.86. The lowest BCUT2D eigenvalue weighted by Gasteiger charge is -2.46. The first-order valence-electron chi connectivity index (χ1n) is 11.1. The Morgan fingerprint density at radius 2 is 1.55 bits per heavy atom. The lowest BCUT2D eigenvalue weighted by atomic mass is 9.92. The Morgan fingerprint density at radius 1 is 0.966 bits per heavy atom. The predicted octanol–water partition coefficient (Wildman–Crippen LogP) is 5.67. The molecule has 3 rings (SSSR count). The van der Waals surface area contributed by atoms with Crippen molar-refractivity contribution in [3.63, 3.8) is 0 Å². The third-order valence-corrected chi connectivity index (χ3v) is 13.1. The Labute approximate surface area is 175 Å². The molecule has 2 aromatic heterocycles. The number of nitrogens with zero attached hydrogens (tertiary/aromatic N) is 4. The quantitative estimate of drug-likeness (QED) is 0.542. The van der Waals surface area contributed by atoms with Crippen molar-refractivity contribution in [2.75, 3.05) is 18.0 Å². The Morgan fingerprint density at radius 3 is 2.10 bits per heavy atom. The molecule has 1 fully saturated rings. The van der Waals surface area contributed by atoms with Gasteiger partial charge in [-0.2, -0.15) is 0 Å². The molecule has 0 bridgehead atoms. The van der Waals surface area contributed by atoms with Crippen molar-refractivity contribution >= 4 is 19.9 Å². The number of rotatable bonds is 7. The average molecular weight is 421 g/mol. The lowest BCUT2D eigenvalue weighted by Crippen LogP contribution is -2.51. The van der Waals surface area contributed by atoms with Crippen LogP contribution in [-0.2, 0) is 4.43 Å². The molecule has 0 N–H and O–H groups in total. The van der Waals surface area contributed by atoms with Gasteiger partial charge in [0.25, 0.3) is 0 Å². The SMILES string of the molecule is CC(O[Si](C(C)C)(C(C)C)C(C)C)C1CCN(c2nnc3ccc(F)cn23)CC1. The zero-order chi connectivity index (χ0) is 21.3. The summed E-state index contributed by atoms with van der Waals surface area (Å²) in [5.74, 6) is 1.01. The first-order valence-corrected chi connectivity index (χ1v) is 13.2. The van der Waals surface area contributed by atoms with Crippen molar-refractivity contribution < 1.29 is 8.82 Å². The molecule has 0 radical (unpaired) electrons. The predicted molar refractivity (Wildman–Crippen MR) is 119 cm³/mol. The fourth-order valence-electron chi connectivity index (χ4n) is 5.46. The van der Waals surface area contributed by atoms with Gasteiger partial charge in [0.05, 0.1) is 0 Å². The second kappa shape index (κ2) is 8.72. The molecule has 1 unspecified atom stereocenters. The highest BCUT2D eigenvalue weighted by atomic mass is 28.4. The van der Waals surface area contributed by atoms with Crippen molar-refractivity contribution in [3.8, 4) is 0 Å². The van der Waals surface area contributed by atoms with E-state index < -0.39 is 8.32 Å². The number of hydrogen-bond donors (Lipinski definition) is 0. The number of halogens is 1. The summed E-state index contributed by atoms with van der Waals surface area (Å²) in [6, 6.07) is 3.09. The maximum Gasteiger partial charge on any atom is 0.231 e.